The number of urea groups is 1. The van der Waals surface area contributed by atoms with Crippen molar-refractivity contribution in [3.8, 4) is 0 Å². The average Bonchev–Trinajstić information content (AvgIpc) is 2.94. The first kappa shape index (κ1) is 21.0. The average molecular weight is 408 g/mol. The van der Waals surface area contributed by atoms with E-state index in [-0.39, 0.29) is 6.03 Å². The van der Waals surface area contributed by atoms with Gasteiger partial charge in [-0.15, -0.1) is 0 Å². The summed E-state index contributed by atoms with van der Waals surface area (Å²) in [4.78, 5) is 16.0. The summed E-state index contributed by atoms with van der Waals surface area (Å²) in [5.74, 6) is 0. The molecule has 1 aliphatic carbocycles. The number of benzene rings is 1. The Bertz CT molecular complexity index is 724. The highest BCUT2D eigenvalue weighted by Gasteiger charge is 2.39. The Labute approximate surface area is 171 Å². The molecule has 0 spiro atoms. The van der Waals surface area contributed by atoms with Crippen LogP contribution in [0.15, 0.2) is 29.3 Å². The van der Waals surface area contributed by atoms with Gasteiger partial charge in [0.1, 0.15) is 0 Å². The lowest BCUT2D eigenvalue weighted by Crippen LogP contribution is -2.39. The van der Waals surface area contributed by atoms with Gasteiger partial charge in [-0.05, 0) is 67.9 Å². The first-order valence-electron chi connectivity index (χ1n) is 10.2. The van der Waals surface area contributed by atoms with Crippen LogP contribution in [0.3, 0.4) is 0 Å². The molecular formula is C21H30ClN3O3. The summed E-state index contributed by atoms with van der Waals surface area (Å²) >= 11 is 6.31. The summed E-state index contributed by atoms with van der Waals surface area (Å²) < 4.78 is 0. The second kappa shape index (κ2) is 9.16. The second-order valence-corrected chi connectivity index (χ2v) is 7.90. The summed E-state index contributed by atoms with van der Waals surface area (Å²) in [6, 6.07) is 4.98. The minimum Gasteiger partial charge on any atom is -0.369 e. The molecule has 2 amide bonds. The third-order valence-electron chi connectivity index (χ3n) is 5.47. The van der Waals surface area contributed by atoms with E-state index in [4.69, 9.17) is 11.6 Å². The molecule has 2 unspecified atom stereocenters. The molecule has 28 heavy (non-hydrogen) atoms. The van der Waals surface area contributed by atoms with Crippen LogP contribution < -0.4 is 10.2 Å². The number of hydrogen-bond acceptors (Lipinski definition) is 4. The highest BCUT2D eigenvalue weighted by Crippen LogP contribution is 2.41. The molecule has 7 heteroatoms. The van der Waals surface area contributed by atoms with Gasteiger partial charge >= 0.3 is 6.03 Å². The van der Waals surface area contributed by atoms with E-state index >= 15 is 0 Å². The van der Waals surface area contributed by atoms with Crippen LogP contribution in [0.4, 0.5) is 16.2 Å². The summed E-state index contributed by atoms with van der Waals surface area (Å²) in [6.45, 7) is 5.43. The zero-order valence-corrected chi connectivity index (χ0v) is 17.4. The molecule has 1 aromatic carbocycles. The molecule has 0 aromatic heterocycles. The van der Waals surface area contributed by atoms with Crippen LogP contribution in [0, 0.1) is 0 Å². The Hall–Kier alpha value is -1.76. The molecule has 1 aliphatic heterocycles. The molecule has 2 atom stereocenters. The molecule has 0 fully saturated rings. The number of halogens is 1. The van der Waals surface area contributed by atoms with Gasteiger partial charge in [-0.3, -0.25) is 0 Å². The molecule has 0 bridgehead atoms. The fraction of sp³-hybridized carbons (Fsp3) is 0.571. The maximum Gasteiger partial charge on any atom is 0.321 e. The van der Waals surface area contributed by atoms with Gasteiger partial charge in [0.25, 0.3) is 0 Å². The van der Waals surface area contributed by atoms with Gasteiger partial charge in [0, 0.05) is 18.8 Å². The summed E-state index contributed by atoms with van der Waals surface area (Å²) in [6.07, 6.45) is 3.76. The Morgan fingerprint density at radius 3 is 2.25 bits per heavy atom. The number of nitrogens with one attached hydrogen (secondary N) is 1. The molecule has 3 rings (SSSR count). The predicted molar refractivity (Wildman–Crippen MR) is 113 cm³/mol. The van der Waals surface area contributed by atoms with Crippen molar-refractivity contribution in [2.24, 2.45) is 0 Å². The molecule has 0 saturated carbocycles. The highest BCUT2D eigenvalue weighted by atomic mass is 35.5. The van der Waals surface area contributed by atoms with E-state index in [9.17, 15) is 15.0 Å². The normalized spacial score (nSPS) is 21.7. The number of aliphatic hydroxyl groups is 2. The predicted octanol–water partition coefficient (Wildman–Crippen LogP) is 4.32. The van der Waals surface area contributed by atoms with Crippen LogP contribution in [0.1, 0.15) is 52.4 Å². The van der Waals surface area contributed by atoms with E-state index in [0.717, 1.165) is 49.7 Å². The Kier molecular flexibility index (Phi) is 6.86. The van der Waals surface area contributed by atoms with Crippen LogP contribution in [0.5, 0.6) is 0 Å². The minimum atomic E-state index is -0.841. The molecule has 6 nitrogen and oxygen atoms in total. The number of aliphatic hydroxyl groups excluding tert-OH is 2. The van der Waals surface area contributed by atoms with Crippen LogP contribution in [-0.4, -0.2) is 46.7 Å². The Balaban J connectivity index is 1.81. The number of rotatable bonds is 6. The molecule has 3 N–H and O–H groups in total. The van der Waals surface area contributed by atoms with E-state index in [0.29, 0.717) is 29.5 Å². The molecule has 1 heterocycles. The number of carbonyl (C=O) groups excluding carboxylic acids is 1. The second-order valence-electron chi connectivity index (χ2n) is 7.49. The Morgan fingerprint density at radius 1 is 1.14 bits per heavy atom. The summed E-state index contributed by atoms with van der Waals surface area (Å²) in [5.41, 5.74) is 2.96. The van der Waals surface area contributed by atoms with Crippen molar-refractivity contribution in [1.29, 1.82) is 0 Å². The van der Waals surface area contributed by atoms with E-state index in [2.05, 4.69) is 5.32 Å². The molecule has 154 valence electrons. The standard InChI is InChI=1S/C21H30ClN3O3/c1-3-11-24(12-4-2)21(28)23-18-13-14(9-10-17(18)22)25-19(26)15-7-5-6-8-16(15)20(25)27/h9-10,13,19-20,26-27H,3-8,11-12H2,1-2H3,(H,23,28). The highest BCUT2D eigenvalue weighted by molar-refractivity contribution is 6.33. The molecule has 1 aromatic rings. The van der Waals surface area contributed by atoms with Crippen LogP contribution in [-0.2, 0) is 0 Å². The van der Waals surface area contributed by atoms with Crippen LogP contribution in [0.2, 0.25) is 5.02 Å². The van der Waals surface area contributed by atoms with Gasteiger partial charge in [-0.25, -0.2) is 4.79 Å². The van der Waals surface area contributed by atoms with Gasteiger partial charge < -0.3 is 25.3 Å². The van der Waals surface area contributed by atoms with Crippen molar-refractivity contribution in [2.45, 2.75) is 64.8 Å². The maximum absolute atomic E-state index is 12.6. The van der Waals surface area contributed by atoms with E-state index in [1.165, 1.54) is 0 Å². The van der Waals surface area contributed by atoms with Gasteiger partial charge in [-0.1, -0.05) is 25.4 Å². The lowest BCUT2D eigenvalue weighted by atomic mass is 9.93. The first-order valence-corrected chi connectivity index (χ1v) is 10.6. The Morgan fingerprint density at radius 2 is 1.71 bits per heavy atom. The molecular weight excluding hydrogens is 378 g/mol. The fourth-order valence-corrected chi connectivity index (χ4v) is 4.28. The third-order valence-corrected chi connectivity index (χ3v) is 5.80. The number of carbonyl (C=O) groups is 1. The van der Waals surface area contributed by atoms with Crippen molar-refractivity contribution < 1.29 is 15.0 Å². The number of nitrogens with zero attached hydrogens (tertiary/aromatic N) is 2. The van der Waals surface area contributed by atoms with Gasteiger partial charge in [0.2, 0.25) is 0 Å². The minimum absolute atomic E-state index is 0.192. The van der Waals surface area contributed by atoms with Crippen molar-refractivity contribution in [3.05, 3.63) is 34.4 Å². The molecule has 0 saturated heterocycles. The lowest BCUT2D eigenvalue weighted by Gasteiger charge is -2.29. The first-order chi connectivity index (χ1) is 13.5. The van der Waals surface area contributed by atoms with Gasteiger partial charge in [0.05, 0.1) is 10.7 Å². The monoisotopic (exact) mass is 407 g/mol. The number of hydrogen-bond donors (Lipinski definition) is 3. The quantitative estimate of drug-likeness (QED) is 0.614. The van der Waals surface area contributed by atoms with Crippen molar-refractivity contribution in [3.63, 3.8) is 0 Å². The van der Waals surface area contributed by atoms with Gasteiger partial charge in [-0.2, -0.15) is 0 Å². The smallest absolute Gasteiger partial charge is 0.321 e. The number of amides is 2. The molecule has 2 aliphatic rings. The number of anilines is 2. The van der Waals surface area contributed by atoms with Crippen molar-refractivity contribution >= 4 is 29.0 Å². The lowest BCUT2D eigenvalue weighted by molar-refractivity contribution is 0.145. The molecule has 0 radical (unpaired) electrons. The topological polar surface area (TPSA) is 76.0 Å². The van der Waals surface area contributed by atoms with E-state index < -0.39 is 12.5 Å². The third kappa shape index (κ3) is 4.14. The van der Waals surface area contributed by atoms with Crippen LogP contribution >= 0.6 is 11.6 Å². The maximum atomic E-state index is 12.6. The zero-order chi connectivity index (χ0) is 20.3. The fourth-order valence-electron chi connectivity index (χ4n) is 4.11. The largest absolute Gasteiger partial charge is 0.369 e. The zero-order valence-electron chi connectivity index (χ0n) is 16.6. The van der Waals surface area contributed by atoms with Crippen molar-refractivity contribution in [2.75, 3.05) is 23.3 Å². The van der Waals surface area contributed by atoms with Crippen molar-refractivity contribution in [1.82, 2.24) is 4.90 Å². The van der Waals surface area contributed by atoms with Gasteiger partial charge in [0.15, 0.2) is 12.5 Å². The van der Waals surface area contributed by atoms with E-state index in [1.54, 1.807) is 28.0 Å². The summed E-state index contributed by atoms with van der Waals surface area (Å²) in [7, 11) is 0. The SMILES string of the molecule is CCCN(CCC)C(=O)Nc1cc(N2C(O)C3=C(CCCC3)C2O)ccc1Cl. The van der Waals surface area contributed by atoms with E-state index in [1.807, 2.05) is 13.8 Å². The van der Waals surface area contributed by atoms with Crippen LogP contribution in [0.25, 0.3) is 0 Å². The summed E-state index contributed by atoms with van der Waals surface area (Å²) in [5, 5.41) is 24.8.